The molecule has 0 atom stereocenters. The van der Waals surface area contributed by atoms with Crippen LogP contribution in [0.15, 0.2) is 12.4 Å². The van der Waals surface area contributed by atoms with Crippen LogP contribution in [0, 0.1) is 13.8 Å². The van der Waals surface area contributed by atoms with Gasteiger partial charge in [-0.05, 0) is 26.3 Å². The van der Waals surface area contributed by atoms with Crippen LogP contribution in [-0.4, -0.2) is 44.0 Å². The first-order valence-electron chi connectivity index (χ1n) is 7.88. The number of nitrogens with zero attached hydrogens (tertiary/aromatic N) is 4. The van der Waals surface area contributed by atoms with Crippen molar-refractivity contribution >= 4 is 39.0 Å². The summed E-state index contributed by atoms with van der Waals surface area (Å²) >= 11 is 1.30. The highest BCUT2D eigenvalue weighted by Gasteiger charge is 2.21. The summed E-state index contributed by atoms with van der Waals surface area (Å²) in [7, 11) is 0. The molecule has 3 heterocycles. The van der Waals surface area contributed by atoms with Gasteiger partial charge in [-0.15, -0.1) is 11.3 Å². The van der Waals surface area contributed by atoms with Crippen LogP contribution in [0.3, 0.4) is 0 Å². The third-order valence-electron chi connectivity index (χ3n) is 3.59. The maximum atomic E-state index is 12.1. The van der Waals surface area contributed by atoms with Crippen molar-refractivity contribution in [3.63, 3.8) is 0 Å². The number of fused-ring (bicyclic) bond motifs is 1. The molecule has 25 heavy (non-hydrogen) atoms. The lowest BCUT2D eigenvalue weighted by Crippen LogP contribution is -2.04. The first-order chi connectivity index (χ1) is 12.0. The molecule has 0 spiro atoms. The van der Waals surface area contributed by atoms with Gasteiger partial charge in [0.25, 0.3) is 0 Å². The predicted molar refractivity (Wildman–Crippen MR) is 95.4 cm³/mol. The quantitative estimate of drug-likeness (QED) is 0.650. The Balaban J connectivity index is 2.03. The van der Waals surface area contributed by atoms with E-state index < -0.39 is 0 Å². The van der Waals surface area contributed by atoms with Crippen LogP contribution in [0.25, 0.3) is 10.2 Å². The summed E-state index contributed by atoms with van der Waals surface area (Å²) in [5, 5.41) is 17.2. The van der Waals surface area contributed by atoms with Crippen molar-refractivity contribution in [3.05, 3.63) is 28.7 Å². The number of rotatable bonds is 6. The molecular weight excluding hydrogens is 342 g/mol. The highest BCUT2D eigenvalue weighted by Crippen LogP contribution is 2.35. The van der Waals surface area contributed by atoms with Crippen LogP contribution in [0.2, 0.25) is 0 Å². The van der Waals surface area contributed by atoms with E-state index >= 15 is 0 Å². The van der Waals surface area contributed by atoms with E-state index in [1.807, 2.05) is 6.92 Å². The van der Waals surface area contributed by atoms with Gasteiger partial charge >= 0.3 is 5.97 Å². The number of ether oxygens (including phenoxy) is 1. The van der Waals surface area contributed by atoms with Crippen molar-refractivity contribution in [2.45, 2.75) is 27.3 Å². The molecule has 0 aliphatic heterocycles. The van der Waals surface area contributed by atoms with Gasteiger partial charge in [0.15, 0.2) is 0 Å². The first kappa shape index (κ1) is 17.3. The van der Waals surface area contributed by atoms with Crippen molar-refractivity contribution in [3.8, 4) is 0 Å². The molecule has 0 aromatic carbocycles. The number of anilines is 2. The lowest BCUT2D eigenvalue weighted by atomic mass is 10.2. The average Bonchev–Trinajstić information content (AvgIpc) is 3.12. The fourth-order valence-corrected chi connectivity index (χ4v) is 3.64. The molecule has 2 N–H and O–H groups in total. The number of aromatic nitrogens is 4. The molecule has 0 saturated heterocycles. The summed E-state index contributed by atoms with van der Waals surface area (Å²) < 4.78 is 6.76. The molecule has 0 amide bonds. The number of carbonyl (C=O) groups excluding carboxylic acids is 1. The Labute approximate surface area is 148 Å². The molecule has 0 radical (unpaired) electrons. The molecule has 0 saturated carbocycles. The third kappa shape index (κ3) is 3.47. The van der Waals surface area contributed by atoms with Gasteiger partial charge in [-0.1, -0.05) is 0 Å². The standard InChI is InChI=1S/C16H19N5O3S/c1-4-24-16(23)13-9(2)12-14(18-10(3)19-15(12)25-13)20-11-7-17-21(8-11)5-6-22/h7-8,22H,4-6H2,1-3H3,(H,18,19,20). The summed E-state index contributed by atoms with van der Waals surface area (Å²) in [4.78, 5) is 22.3. The fourth-order valence-electron chi connectivity index (χ4n) is 2.52. The minimum Gasteiger partial charge on any atom is -0.462 e. The number of thiophene rings is 1. The SMILES string of the molecule is CCOC(=O)c1sc2nc(C)nc(Nc3cnn(CCO)c3)c2c1C. The Morgan fingerprint density at radius 2 is 2.20 bits per heavy atom. The van der Waals surface area contributed by atoms with E-state index in [1.54, 1.807) is 30.9 Å². The second-order valence-corrected chi connectivity index (χ2v) is 6.42. The van der Waals surface area contributed by atoms with E-state index in [1.165, 1.54) is 11.3 Å². The van der Waals surface area contributed by atoms with Gasteiger partial charge in [-0.2, -0.15) is 5.10 Å². The van der Waals surface area contributed by atoms with Gasteiger partial charge in [0.1, 0.15) is 21.3 Å². The van der Waals surface area contributed by atoms with Crippen LogP contribution in [0.4, 0.5) is 11.5 Å². The summed E-state index contributed by atoms with van der Waals surface area (Å²) in [5.41, 5.74) is 1.54. The second kappa shape index (κ2) is 7.16. The lowest BCUT2D eigenvalue weighted by Gasteiger charge is -2.06. The molecule has 0 aliphatic rings. The van der Waals surface area contributed by atoms with Gasteiger partial charge in [0.2, 0.25) is 0 Å². The van der Waals surface area contributed by atoms with Crippen LogP contribution in [0.5, 0.6) is 0 Å². The molecule has 0 unspecified atom stereocenters. The topological polar surface area (TPSA) is 102 Å². The van der Waals surface area contributed by atoms with Gasteiger partial charge in [0, 0.05) is 6.20 Å². The van der Waals surface area contributed by atoms with Crippen molar-refractivity contribution in [2.24, 2.45) is 0 Å². The van der Waals surface area contributed by atoms with Crippen LogP contribution in [-0.2, 0) is 11.3 Å². The second-order valence-electron chi connectivity index (χ2n) is 5.42. The van der Waals surface area contributed by atoms with E-state index in [0.717, 1.165) is 21.5 Å². The molecule has 3 aromatic rings. The number of aryl methyl sites for hydroxylation is 2. The Kier molecular flexibility index (Phi) is 4.95. The van der Waals surface area contributed by atoms with Crippen LogP contribution in [0.1, 0.15) is 28.0 Å². The number of hydrogen-bond donors (Lipinski definition) is 2. The van der Waals surface area contributed by atoms with Crippen molar-refractivity contribution in [2.75, 3.05) is 18.5 Å². The summed E-state index contributed by atoms with van der Waals surface area (Å²) in [6, 6.07) is 0. The van der Waals surface area contributed by atoms with E-state index in [0.29, 0.717) is 29.7 Å². The molecule has 3 rings (SSSR count). The van der Waals surface area contributed by atoms with Gasteiger partial charge < -0.3 is 15.2 Å². The number of nitrogens with one attached hydrogen (secondary N) is 1. The number of esters is 1. The Morgan fingerprint density at radius 3 is 2.92 bits per heavy atom. The first-order valence-corrected chi connectivity index (χ1v) is 8.70. The van der Waals surface area contributed by atoms with Crippen molar-refractivity contribution in [1.82, 2.24) is 19.7 Å². The zero-order chi connectivity index (χ0) is 18.0. The maximum Gasteiger partial charge on any atom is 0.348 e. The highest BCUT2D eigenvalue weighted by atomic mass is 32.1. The number of aliphatic hydroxyl groups is 1. The summed E-state index contributed by atoms with van der Waals surface area (Å²) in [6.07, 6.45) is 3.44. The highest BCUT2D eigenvalue weighted by molar-refractivity contribution is 7.20. The molecule has 132 valence electrons. The minimum absolute atomic E-state index is 0.0184. The number of carbonyl (C=O) groups is 1. The lowest BCUT2D eigenvalue weighted by molar-refractivity contribution is 0.0531. The Bertz CT molecular complexity index is 918. The normalized spacial score (nSPS) is 11.0. The molecule has 9 heteroatoms. The Morgan fingerprint density at radius 1 is 1.40 bits per heavy atom. The van der Waals surface area contributed by atoms with Gasteiger partial charge in [-0.25, -0.2) is 14.8 Å². The molecule has 0 fully saturated rings. The van der Waals surface area contributed by atoms with E-state index in [4.69, 9.17) is 9.84 Å². The summed E-state index contributed by atoms with van der Waals surface area (Å²) in [6.45, 7) is 6.21. The smallest absolute Gasteiger partial charge is 0.348 e. The van der Waals surface area contributed by atoms with E-state index in [2.05, 4.69) is 20.4 Å². The molecule has 0 aliphatic carbocycles. The number of hydrogen-bond acceptors (Lipinski definition) is 8. The van der Waals surface area contributed by atoms with Gasteiger partial charge in [-0.3, -0.25) is 4.68 Å². The van der Waals surface area contributed by atoms with Crippen LogP contribution < -0.4 is 5.32 Å². The van der Waals surface area contributed by atoms with Gasteiger partial charge in [0.05, 0.1) is 37.0 Å². The zero-order valence-electron chi connectivity index (χ0n) is 14.2. The number of aliphatic hydroxyl groups excluding tert-OH is 1. The Hall–Kier alpha value is -2.52. The maximum absolute atomic E-state index is 12.1. The average molecular weight is 361 g/mol. The third-order valence-corrected chi connectivity index (χ3v) is 4.75. The van der Waals surface area contributed by atoms with Crippen molar-refractivity contribution in [1.29, 1.82) is 0 Å². The molecule has 3 aromatic heterocycles. The van der Waals surface area contributed by atoms with E-state index in [9.17, 15) is 4.79 Å². The summed E-state index contributed by atoms with van der Waals surface area (Å²) in [5.74, 6) is 0.882. The van der Waals surface area contributed by atoms with Crippen LogP contribution >= 0.6 is 11.3 Å². The zero-order valence-corrected chi connectivity index (χ0v) is 15.1. The minimum atomic E-state index is -0.345. The van der Waals surface area contributed by atoms with E-state index in [-0.39, 0.29) is 12.6 Å². The monoisotopic (exact) mass is 361 g/mol. The van der Waals surface area contributed by atoms with Crippen molar-refractivity contribution < 1.29 is 14.6 Å². The molecular formula is C16H19N5O3S. The fraction of sp³-hybridized carbons (Fsp3) is 0.375. The molecule has 8 nitrogen and oxygen atoms in total. The largest absolute Gasteiger partial charge is 0.462 e. The predicted octanol–water partition coefficient (Wildman–Crippen LogP) is 2.42. The molecule has 0 bridgehead atoms.